The Morgan fingerprint density at radius 3 is 1.68 bits per heavy atom. The lowest BCUT2D eigenvalue weighted by atomic mass is 10.0. The normalized spacial score (nSPS) is 8.68. The fraction of sp³-hybridized carbons (Fsp3) is 0.0909. The van der Waals surface area contributed by atoms with Gasteiger partial charge in [-0.25, -0.2) is 0 Å². The van der Waals surface area contributed by atoms with Crippen molar-refractivity contribution in [1.82, 2.24) is 0 Å². The molecule has 3 heteroatoms. The van der Waals surface area contributed by atoms with E-state index >= 15 is 0 Å². The average molecular weight is 331 g/mol. The maximum atomic E-state index is 9.44. The molecule has 1 N–H and O–H groups in total. The van der Waals surface area contributed by atoms with Gasteiger partial charge in [0.2, 0.25) is 0 Å². The number of hydrogen-bond donors (Lipinski definition) is 1. The third-order valence-electron chi connectivity index (χ3n) is 2.89. The quantitative estimate of drug-likeness (QED) is 0.665. The van der Waals surface area contributed by atoms with Crippen LogP contribution in [0, 0.1) is 11.3 Å². The van der Waals surface area contributed by atoms with Crippen LogP contribution in [0.2, 0.25) is 0 Å². The second-order valence-electron chi connectivity index (χ2n) is 5.27. The van der Waals surface area contributed by atoms with E-state index in [1.165, 1.54) is 13.8 Å². The number of carbonyl (C=O) groups is 1. The first-order valence-electron chi connectivity index (χ1n) is 7.80. The molecule has 0 aliphatic carbocycles. The first-order chi connectivity index (χ1) is 12.0. The van der Waals surface area contributed by atoms with E-state index in [9.17, 15) is 4.79 Å². The van der Waals surface area contributed by atoms with Gasteiger partial charge in [0, 0.05) is 0 Å². The zero-order valence-corrected chi connectivity index (χ0v) is 14.4. The lowest BCUT2D eigenvalue weighted by Crippen LogP contribution is -1.82. The van der Waals surface area contributed by atoms with Gasteiger partial charge in [0.05, 0.1) is 11.6 Å². The highest BCUT2D eigenvalue weighted by Crippen LogP contribution is 2.22. The summed E-state index contributed by atoms with van der Waals surface area (Å²) < 4.78 is 0. The highest BCUT2D eigenvalue weighted by molar-refractivity contribution is 5.72. The van der Waals surface area contributed by atoms with E-state index < -0.39 is 0 Å². The zero-order chi connectivity index (χ0) is 18.5. The van der Waals surface area contributed by atoms with Gasteiger partial charge in [-0.15, -0.1) is 0 Å². The Balaban J connectivity index is 0.000000237. The summed E-state index contributed by atoms with van der Waals surface area (Å²) in [6.45, 7) is 3.06. The van der Waals surface area contributed by atoms with Crippen LogP contribution in [0.4, 0.5) is 0 Å². The molecule has 0 heterocycles. The van der Waals surface area contributed by atoms with E-state index in [1.807, 2.05) is 60.7 Å². The molecule has 0 atom stereocenters. The Bertz CT molecular complexity index is 802. The first kappa shape index (κ1) is 19.7. The summed E-state index contributed by atoms with van der Waals surface area (Å²) in [5, 5.41) is 17.6. The third-order valence-corrected chi connectivity index (χ3v) is 2.89. The van der Waals surface area contributed by atoms with Gasteiger partial charge in [-0.2, -0.15) is 5.26 Å². The number of rotatable bonds is 1. The average Bonchev–Trinajstić information content (AvgIpc) is 2.63. The minimum atomic E-state index is 0.167. The lowest BCUT2D eigenvalue weighted by Gasteiger charge is -2.02. The monoisotopic (exact) mass is 331 g/mol. The molecule has 0 saturated heterocycles. The Hall–Kier alpha value is -3.38. The van der Waals surface area contributed by atoms with E-state index in [4.69, 9.17) is 10.4 Å². The van der Waals surface area contributed by atoms with E-state index in [1.54, 1.807) is 24.3 Å². The van der Waals surface area contributed by atoms with Crippen molar-refractivity contribution in [2.24, 2.45) is 0 Å². The van der Waals surface area contributed by atoms with Crippen molar-refractivity contribution in [3.8, 4) is 22.9 Å². The smallest absolute Gasteiger partial charge is 0.126 e. The zero-order valence-electron chi connectivity index (χ0n) is 14.4. The number of benzene rings is 3. The minimum Gasteiger partial charge on any atom is -0.508 e. The van der Waals surface area contributed by atoms with Gasteiger partial charge in [-0.05, 0) is 43.2 Å². The van der Waals surface area contributed by atoms with Crippen LogP contribution in [0.15, 0.2) is 84.9 Å². The van der Waals surface area contributed by atoms with Crippen molar-refractivity contribution in [3.05, 3.63) is 90.5 Å². The van der Waals surface area contributed by atoms with Crippen molar-refractivity contribution < 1.29 is 9.90 Å². The predicted molar refractivity (Wildman–Crippen MR) is 101 cm³/mol. The number of nitriles is 1. The van der Waals surface area contributed by atoms with Crippen molar-refractivity contribution in [2.75, 3.05) is 0 Å². The summed E-state index contributed by atoms with van der Waals surface area (Å²) in [4.78, 5) is 9.44. The van der Waals surface area contributed by atoms with Gasteiger partial charge in [0.1, 0.15) is 11.5 Å². The molecule has 3 aromatic rings. The number of aromatic hydroxyl groups is 1. The maximum Gasteiger partial charge on any atom is 0.126 e. The molecule has 0 bridgehead atoms. The Morgan fingerprint density at radius 2 is 1.24 bits per heavy atom. The van der Waals surface area contributed by atoms with E-state index in [-0.39, 0.29) is 5.78 Å². The molecular formula is C22H21NO2. The second-order valence-corrected chi connectivity index (χ2v) is 5.27. The third kappa shape index (κ3) is 8.15. The van der Waals surface area contributed by atoms with Crippen molar-refractivity contribution >= 4 is 5.78 Å². The van der Waals surface area contributed by atoms with Crippen LogP contribution >= 0.6 is 0 Å². The van der Waals surface area contributed by atoms with Crippen LogP contribution < -0.4 is 0 Å². The Morgan fingerprint density at radius 1 is 0.800 bits per heavy atom. The fourth-order valence-corrected chi connectivity index (χ4v) is 1.88. The summed E-state index contributed by atoms with van der Waals surface area (Å²) >= 11 is 0. The number of phenolic OH excluding ortho intramolecular Hbond substituents is 1. The first-order valence-corrected chi connectivity index (χ1v) is 7.80. The molecular weight excluding hydrogens is 310 g/mol. The molecule has 3 nitrogen and oxygen atoms in total. The number of para-hydroxylation sites is 1. The maximum absolute atomic E-state index is 9.44. The topological polar surface area (TPSA) is 61.1 Å². The van der Waals surface area contributed by atoms with Crippen LogP contribution in [-0.2, 0) is 4.79 Å². The highest BCUT2D eigenvalue weighted by atomic mass is 16.3. The standard InChI is InChI=1S/C13H9N.C6H6O.C3H6O/c14-10-12-8-4-5-9-13(12)11-6-2-1-3-7-11;7-6-4-2-1-3-5-6;1-3(2)4/h1-9H;1-5,7H;1-2H3. The van der Waals surface area contributed by atoms with Crippen LogP contribution in [0.3, 0.4) is 0 Å². The summed E-state index contributed by atoms with van der Waals surface area (Å²) in [5.41, 5.74) is 2.80. The lowest BCUT2D eigenvalue weighted by molar-refractivity contribution is -0.114. The van der Waals surface area contributed by atoms with E-state index in [0.717, 1.165) is 16.7 Å². The van der Waals surface area contributed by atoms with Crippen molar-refractivity contribution in [3.63, 3.8) is 0 Å². The predicted octanol–water partition coefficient (Wildman–Crippen LogP) is 5.21. The SMILES string of the molecule is CC(C)=O.N#Cc1ccccc1-c1ccccc1.Oc1ccccc1. The fourth-order valence-electron chi connectivity index (χ4n) is 1.88. The molecule has 0 saturated carbocycles. The molecule has 0 radical (unpaired) electrons. The molecule has 0 amide bonds. The number of phenols is 1. The molecule has 126 valence electrons. The summed E-state index contributed by atoms with van der Waals surface area (Å²) in [6.07, 6.45) is 0. The summed E-state index contributed by atoms with van der Waals surface area (Å²) in [5.74, 6) is 0.488. The van der Waals surface area contributed by atoms with Gasteiger partial charge in [0.25, 0.3) is 0 Å². The largest absolute Gasteiger partial charge is 0.508 e. The van der Waals surface area contributed by atoms with E-state index in [2.05, 4.69) is 6.07 Å². The van der Waals surface area contributed by atoms with Gasteiger partial charge >= 0.3 is 0 Å². The van der Waals surface area contributed by atoms with Gasteiger partial charge in [0.15, 0.2) is 0 Å². The van der Waals surface area contributed by atoms with Crippen molar-refractivity contribution in [2.45, 2.75) is 13.8 Å². The molecule has 0 aliphatic rings. The van der Waals surface area contributed by atoms with Crippen LogP contribution in [0.5, 0.6) is 5.75 Å². The number of hydrogen-bond acceptors (Lipinski definition) is 3. The van der Waals surface area contributed by atoms with Crippen LogP contribution in [-0.4, -0.2) is 10.9 Å². The molecule has 0 fully saturated rings. The number of Topliss-reactive ketones (excluding diaryl/α,β-unsaturated/α-hetero) is 1. The van der Waals surface area contributed by atoms with Crippen LogP contribution in [0.25, 0.3) is 11.1 Å². The van der Waals surface area contributed by atoms with Gasteiger partial charge in [-0.1, -0.05) is 66.7 Å². The van der Waals surface area contributed by atoms with Gasteiger partial charge < -0.3 is 9.90 Å². The summed E-state index contributed by atoms with van der Waals surface area (Å²) in [6, 6.07) is 28.5. The second kappa shape index (κ2) is 11.2. The van der Waals surface area contributed by atoms with Gasteiger partial charge in [-0.3, -0.25) is 0 Å². The van der Waals surface area contributed by atoms with Crippen LogP contribution in [0.1, 0.15) is 19.4 Å². The molecule has 3 aromatic carbocycles. The van der Waals surface area contributed by atoms with E-state index in [0.29, 0.717) is 5.75 Å². The number of nitrogens with zero attached hydrogens (tertiary/aromatic N) is 1. The minimum absolute atomic E-state index is 0.167. The molecule has 0 aliphatic heterocycles. The highest BCUT2D eigenvalue weighted by Gasteiger charge is 2.01. The number of ketones is 1. The molecule has 3 rings (SSSR count). The van der Waals surface area contributed by atoms with Crippen molar-refractivity contribution in [1.29, 1.82) is 5.26 Å². The molecule has 0 unspecified atom stereocenters. The molecule has 0 aromatic heterocycles. The summed E-state index contributed by atoms with van der Waals surface area (Å²) in [7, 11) is 0. The Kier molecular flexibility index (Phi) is 8.81. The number of carbonyl (C=O) groups excluding carboxylic acids is 1. The Labute approximate surface area is 148 Å². The molecule has 0 spiro atoms. The molecule has 25 heavy (non-hydrogen) atoms.